The lowest BCUT2D eigenvalue weighted by atomic mass is 10.1. The zero-order valence-corrected chi connectivity index (χ0v) is 14.4. The van der Waals surface area contributed by atoms with Gasteiger partial charge in [-0.05, 0) is 35.7 Å². The Labute approximate surface area is 152 Å². The highest BCUT2D eigenvalue weighted by molar-refractivity contribution is 7.12. The molecule has 0 unspecified atom stereocenters. The number of benzene rings is 1. The second-order valence-corrected chi connectivity index (χ2v) is 6.47. The molecule has 1 aromatic carbocycles. The van der Waals surface area contributed by atoms with E-state index in [-0.39, 0.29) is 12.4 Å². The van der Waals surface area contributed by atoms with E-state index in [1.807, 2.05) is 18.2 Å². The normalized spacial score (nSPS) is 10.8. The number of esters is 1. The van der Waals surface area contributed by atoms with E-state index < -0.39 is 5.97 Å². The molecule has 0 aliphatic rings. The third-order valence-electron chi connectivity index (χ3n) is 3.84. The average Bonchev–Trinajstić information content (AvgIpc) is 3.38. The summed E-state index contributed by atoms with van der Waals surface area (Å²) in [5.41, 5.74) is 1.53. The largest absolute Gasteiger partial charge is 0.463 e. The Balaban J connectivity index is 1.66. The number of ether oxygens (including phenoxy) is 1. The van der Waals surface area contributed by atoms with Crippen molar-refractivity contribution in [1.82, 2.24) is 4.98 Å². The number of hydrogen-bond acceptors (Lipinski definition) is 6. The Morgan fingerprint density at radius 1 is 1.08 bits per heavy atom. The quantitative estimate of drug-likeness (QED) is 0.383. The molecule has 0 fully saturated rings. The van der Waals surface area contributed by atoms with Crippen molar-refractivity contribution in [3.63, 3.8) is 0 Å². The van der Waals surface area contributed by atoms with Gasteiger partial charge >= 0.3 is 5.97 Å². The van der Waals surface area contributed by atoms with Crippen LogP contribution in [0.4, 0.5) is 0 Å². The predicted octanol–water partition coefficient (Wildman–Crippen LogP) is 4.60. The molecule has 0 saturated heterocycles. The summed E-state index contributed by atoms with van der Waals surface area (Å²) in [5, 5.41) is 2.47. The van der Waals surface area contributed by atoms with E-state index in [4.69, 9.17) is 9.15 Å². The molecule has 26 heavy (non-hydrogen) atoms. The van der Waals surface area contributed by atoms with Gasteiger partial charge in [-0.25, -0.2) is 9.78 Å². The number of hydrogen-bond donors (Lipinski definition) is 0. The third-order valence-corrected chi connectivity index (χ3v) is 4.75. The molecule has 0 amide bonds. The van der Waals surface area contributed by atoms with Crippen molar-refractivity contribution in [2.75, 3.05) is 6.61 Å². The van der Waals surface area contributed by atoms with Gasteiger partial charge < -0.3 is 9.15 Å². The fraction of sp³-hybridized carbons (Fsp3) is 0.0500. The van der Waals surface area contributed by atoms with E-state index in [0.29, 0.717) is 32.8 Å². The number of thiophene rings is 1. The van der Waals surface area contributed by atoms with E-state index in [2.05, 4.69) is 4.98 Å². The average molecular weight is 363 g/mol. The van der Waals surface area contributed by atoms with Crippen LogP contribution in [-0.4, -0.2) is 23.3 Å². The summed E-state index contributed by atoms with van der Waals surface area (Å²) in [5.74, 6) is -0.237. The lowest BCUT2D eigenvalue weighted by Crippen LogP contribution is -2.14. The van der Waals surface area contributed by atoms with Crippen LogP contribution in [0.2, 0.25) is 0 Å². The molecule has 0 aliphatic heterocycles. The Bertz CT molecular complexity index is 1070. The molecule has 4 aromatic rings. The summed E-state index contributed by atoms with van der Waals surface area (Å²) in [6.07, 6.45) is 1.55. The van der Waals surface area contributed by atoms with Gasteiger partial charge in [-0.1, -0.05) is 24.3 Å². The molecule has 0 aliphatic carbocycles. The summed E-state index contributed by atoms with van der Waals surface area (Å²) >= 11 is 1.32. The first-order chi connectivity index (χ1) is 12.7. The smallest absolute Gasteiger partial charge is 0.339 e. The summed E-state index contributed by atoms with van der Waals surface area (Å²) in [6, 6.07) is 15.9. The lowest BCUT2D eigenvalue weighted by Gasteiger charge is -2.08. The van der Waals surface area contributed by atoms with E-state index in [9.17, 15) is 9.59 Å². The third kappa shape index (κ3) is 3.14. The fourth-order valence-electron chi connectivity index (χ4n) is 2.61. The van der Waals surface area contributed by atoms with E-state index in [1.165, 1.54) is 11.3 Å². The van der Waals surface area contributed by atoms with Crippen LogP contribution in [0.1, 0.15) is 20.0 Å². The summed E-state index contributed by atoms with van der Waals surface area (Å²) in [7, 11) is 0. The van der Waals surface area contributed by atoms with Gasteiger partial charge in [-0.2, -0.15) is 0 Å². The first-order valence-electron chi connectivity index (χ1n) is 7.90. The standard InChI is InChI=1S/C20H13NO4S/c22-17(19-8-4-10-26-19)12-25-20(23)14-11-16(18-7-3-9-24-18)21-15-6-2-1-5-13(14)15/h1-11H,12H2. The maximum atomic E-state index is 12.6. The highest BCUT2D eigenvalue weighted by Crippen LogP contribution is 2.25. The molecule has 0 atom stereocenters. The number of furan rings is 1. The highest BCUT2D eigenvalue weighted by atomic mass is 32.1. The fourth-order valence-corrected chi connectivity index (χ4v) is 3.26. The number of ketones is 1. The zero-order valence-electron chi connectivity index (χ0n) is 13.5. The van der Waals surface area contributed by atoms with Crippen LogP contribution in [0.5, 0.6) is 0 Å². The molecule has 0 spiro atoms. The van der Waals surface area contributed by atoms with Crippen LogP contribution in [0.25, 0.3) is 22.4 Å². The zero-order chi connectivity index (χ0) is 17.9. The molecule has 3 aromatic heterocycles. The molecular weight excluding hydrogens is 350 g/mol. The van der Waals surface area contributed by atoms with Crippen molar-refractivity contribution in [2.45, 2.75) is 0 Å². The van der Waals surface area contributed by atoms with Crippen molar-refractivity contribution in [1.29, 1.82) is 0 Å². The first kappa shape index (κ1) is 16.2. The molecule has 5 nitrogen and oxygen atoms in total. The van der Waals surface area contributed by atoms with Crippen LogP contribution in [0, 0.1) is 0 Å². The maximum Gasteiger partial charge on any atom is 0.339 e. The number of carbonyl (C=O) groups is 2. The van der Waals surface area contributed by atoms with Gasteiger partial charge in [0.2, 0.25) is 5.78 Å². The second kappa shape index (κ2) is 6.93. The van der Waals surface area contributed by atoms with Gasteiger partial charge in [0.25, 0.3) is 0 Å². The molecule has 0 radical (unpaired) electrons. The first-order valence-corrected chi connectivity index (χ1v) is 8.78. The Morgan fingerprint density at radius 2 is 1.96 bits per heavy atom. The number of fused-ring (bicyclic) bond motifs is 1. The Hall–Kier alpha value is -3.25. The number of nitrogens with zero attached hydrogens (tertiary/aromatic N) is 1. The van der Waals surface area contributed by atoms with Crippen LogP contribution < -0.4 is 0 Å². The van der Waals surface area contributed by atoms with E-state index in [1.54, 1.807) is 48.0 Å². The summed E-state index contributed by atoms with van der Waals surface area (Å²) < 4.78 is 10.6. The van der Waals surface area contributed by atoms with Crippen molar-refractivity contribution in [3.05, 3.63) is 76.7 Å². The maximum absolute atomic E-state index is 12.6. The van der Waals surface area contributed by atoms with Gasteiger partial charge in [-0.3, -0.25) is 4.79 Å². The van der Waals surface area contributed by atoms with Crippen molar-refractivity contribution >= 4 is 34.0 Å². The second-order valence-electron chi connectivity index (χ2n) is 5.53. The lowest BCUT2D eigenvalue weighted by molar-refractivity contribution is 0.0478. The van der Waals surface area contributed by atoms with Gasteiger partial charge in [0.15, 0.2) is 12.4 Å². The van der Waals surface area contributed by atoms with Gasteiger partial charge in [0, 0.05) is 5.39 Å². The number of pyridine rings is 1. The Morgan fingerprint density at radius 3 is 2.73 bits per heavy atom. The molecule has 3 heterocycles. The summed E-state index contributed by atoms with van der Waals surface area (Å²) in [6.45, 7) is -0.300. The SMILES string of the molecule is O=C(COC(=O)c1cc(-c2ccco2)nc2ccccc12)c1cccs1. The van der Waals surface area contributed by atoms with Gasteiger partial charge in [0.1, 0.15) is 5.69 Å². The number of aromatic nitrogens is 1. The van der Waals surface area contributed by atoms with Gasteiger partial charge in [-0.15, -0.1) is 11.3 Å². The minimum Gasteiger partial charge on any atom is -0.463 e. The monoisotopic (exact) mass is 363 g/mol. The molecule has 0 saturated carbocycles. The number of para-hydroxylation sites is 1. The Kier molecular flexibility index (Phi) is 4.33. The van der Waals surface area contributed by atoms with E-state index in [0.717, 1.165) is 0 Å². The molecule has 0 bridgehead atoms. The number of rotatable bonds is 5. The summed E-state index contributed by atoms with van der Waals surface area (Å²) in [4.78, 5) is 29.8. The van der Waals surface area contributed by atoms with Crippen LogP contribution in [0.3, 0.4) is 0 Å². The predicted molar refractivity (Wildman–Crippen MR) is 98.4 cm³/mol. The van der Waals surface area contributed by atoms with E-state index >= 15 is 0 Å². The van der Waals surface area contributed by atoms with Crippen LogP contribution >= 0.6 is 11.3 Å². The molecule has 0 N–H and O–H groups in total. The van der Waals surface area contributed by atoms with Gasteiger partial charge in [0.05, 0.1) is 22.2 Å². The highest BCUT2D eigenvalue weighted by Gasteiger charge is 2.18. The molecular formula is C20H13NO4S. The van der Waals surface area contributed by atoms with Crippen molar-refractivity contribution < 1.29 is 18.7 Å². The minimum atomic E-state index is -0.568. The van der Waals surface area contributed by atoms with Crippen LogP contribution in [-0.2, 0) is 4.74 Å². The number of carbonyl (C=O) groups excluding carboxylic acids is 2. The molecule has 6 heteroatoms. The molecule has 4 rings (SSSR count). The topological polar surface area (TPSA) is 69.4 Å². The minimum absolute atomic E-state index is 0.224. The van der Waals surface area contributed by atoms with Crippen molar-refractivity contribution in [2.24, 2.45) is 0 Å². The van der Waals surface area contributed by atoms with Crippen molar-refractivity contribution in [3.8, 4) is 11.5 Å². The van der Waals surface area contributed by atoms with Crippen LogP contribution in [0.15, 0.2) is 70.7 Å². The molecule has 128 valence electrons. The number of Topliss-reactive ketones (excluding diaryl/α,β-unsaturated/α-hetero) is 1.